The number of hydrogen-bond acceptors (Lipinski definition) is 0. The van der Waals surface area contributed by atoms with E-state index in [1.165, 1.54) is 38.5 Å². The van der Waals surface area contributed by atoms with Gasteiger partial charge in [0.15, 0.2) is 0 Å². The van der Waals surface area contributed by atoms with E-state index in [9.17, 15) is 0 Å². The molecular weight excluding hydrogens is 211 g/mol. The van der Waals surface area contributed by atoms with Crippen LogP contribution in [0, 0.1) is 5.92 Å². The fourth-order valence-corrected chi connectivity index (χ4v) is 10.6. The zero-order valence-electron chi connectivity index (χ0n) is 9.40. The third kappa shape index (κ3) is 1.98. The summed E-state index contributed by atoms with van der Waals surface area (Å²) in [5, 5.41) is 0.650. The zero-order valence-corrected chi connectivity index (χ0v) is 11.2. The monoisotopic (exact) mass is 234 g/mol. The van der Waals surface area contributed by atoms with Crippen LogP contribution >= 0.6 is 18.9 Å². The predicted molar refractivity (Wildman–Crippen MR) is 69.4 cm³/mol. The predicted octanol–water partition coefficient (Wildman–Crippen LogP) is 4.31. The third-order valence-corrected chi connectivity index (χ3v) is 11.9. The number of alkyl halides is 1. The molecule has 0 N–H and O–H groups in total. The Bertz CT molecular complexity index is 187. The molecule has 0 aromatic heterocycles. The Balaban J connectivity index is 1.92. The maximum absolute atomic E-state index is 6.74. The second-order valence-corrected chi connectivity index (χ2v) is 11.1. The van der Waals surface area contributed by atoms with Gasteiger partial charge in [-0.05, 0) is 0 Å². The van der Waals surface area contributed by atoms with Crippen LogP contribution in [0.25, 0.3) is 0 Å². The Morgan fingerprint density at radius 2 is 1.93 bits per heavy atom. The Hall–Kier alpha value is 0.720. The molecule has 2 heteroatoms. The molecule has 2 aliphatic heterocycles. The average Bonchev–Trinajstić information content (AvgIpc) is 2.77. The molecule has 0 aromatic rings. The van der Waals surface area contributed by atoms with Gasteiger partial charge in [0.2, 0.25) is 0 Å². The van der Waals surface area contributed by atoms with Gasteiger partial charge in [-0.15, -0.1) is 0 Å². The molecular formula is C12H24ClP. The van der Waals surface area contributed by atoms with Crippen molar-refractivity contribution in [1.82, 2.24) is 0 Å². The topological polar surface area (TPSA) is 0 Å². The van der Waals surface area contributed by atoms with Crippen molar-refractivity contribution in [2.75, 3.05) is 18.5 Å². The molecule has 84 valence electrons. The van der Waals surface area contributed by atoms with Gasteiger partial charge in [-0.25, -0.2) is 0 Å². The van der Waals surface area contributed by atoms with E-state index >= 15 is 0 Å². The standard InChI is InChI=1S/C12H24ClP/c1-2-3-6-11-7-10-14(12(11)13)8-4-5-9-14/h11-12,14H,2-10H2,1H3. The van der Waals surface area contributed by atoms with Crippen LogP contribution < -0.4 is 0 Å². The van der Waals surface area contributed by atoms with Gasteiger partial charge in [0.05, 0.1) is 0 Å². The molecule has 0 nitrogen and oxygen atoms in total. The fourth-order valence-electron chi connectivity index (χ4n) is 3.62. The minimum absolute atomic E-state index is 0.650. The SMILES string of the molecule is CCCCC1CC[PH]2(CCCC2)C1Cl. The molecule has 2 aliphatic rings. The van der Waals surface area contributed by atoms with Crippen molar-refractivity contribution < 1.29 is 0 Å². The summed E-state index contributed by atoms with van der Waals surface area (Å²) in [6.45, 7) is 2.29. The van der Waals surface area contributed by atoms with E-state index in [2.05, 4.69) is 6.92 Å². The van der Waals surface area contributed by atoms with Crippen LogP contribution in [0.1, 0.15) is 45.4 Å². The van der Waals surface area contributed by atoms with Crippen molar-refractivity contribution in [3.63, 3.8) is 0 Å². The first-order chi connectivity index (χ1) is 6.78. The van der Waals surface area contributed by atoms with E-state index in [1.807, 2.05) is 0 Å². The van der Waals surface area contributed by atoms with Crippen molar-refractivity contribution in [3.8, 4) is 0 Å². The van der Waals surface area contributed by atoms with Crippen LogP contribution in [0.3, 0.4) is 0 Å². The van der Waals surface area contributed by atoms with E-state index in [1.54, 1.807) is 18.5 Å². The van der Waals surface area contributed by atoms with Crippen molar-refractivity contribution in [1.29, 1.82) is 0 Å². The summed E-state index contributed by atoms with van der Waals surface area (Å²) < 4.78 is 0. The maximum atomic E-state index is 6.74. The van der Waals surface area contributed by atoms with Crippen LogP contribution in [-0.2, 0) is 0 Å². The zero-order chi connectivity index (χ0) is 10.0. The molecule has 2 unspecified atom stereocenters. The van der Waals surface area contributed by atoms with Gasteiger partial charge < -0.3 is 0 Å². The molecule has 2 saturated heterocycles. The summed E-state index contributed by atoms with van der Waals surface area (Å²) in [5.74, 6) is 0.904. The number of unbranched alkanes of at least 4 members (excludes halogenated alkanes) is 1. The number of rotatable bonds is 3. The van der Waals surface area contributed by atoms with Gasteiger partial charge in [0.1, 0.15) is 0 Å². The van der Waals surface area contributed by atoms with E-state index in [0.29, 0.717) is 5.12 Å². The Kier molecular flexibility index (Phi) is 3.77. The van der Waals surface area contributed by atoms with Gasteiger partial charge in [-0.2, -0.15) is 0 Å². The molecule has 1 spiro atoms. The average molecular weight is 235 g/mol. The molecule has 0 bridgehead atoms. The van der Waals surface area contributed by atoms with Crippen LogP contribution in [0.15, 0.2) is 0 Å². The second-order valence-electron chi connectivity index (χ2n) is 5.41. The van der Waals surface area contributed by atoms with Crippen molar-refractivity contribution in [3.05, 3.63) is 0 Å². The normalized spacial score (nSPS) is 37.9. The molecule has 0 radical (unpaired) electrons. The van der Waals surface area contributed by atoms with Gasteiger partial charge in [0, 0.05) is 0 Å². The quantitative estimate of drug-likeness (QED) is 0.504. The molecule has 14 heavy (non-hydrogen) atoms. The molecule has 2 heterocycles. The molecule has 0 saturated carbocycles. The molecule has 0 amide bonds. The fraction of sp³-hybridized carbons (Fsp3) is 1.00. The summed E-state index contributed by atoms with van der Waals surface area (Å²) in [6, 6.07) is 0. The van der Waals surface area contributed by atoms with Crippen molar-refractivity contribution >= 4 is 18.9 Å². The van der Waals surface area contributed by atoms with E-state index in [4.69, 9.17) is 11.6 Å². The van der Waals surface area contributed by atoms with Crippen molar-refractivity contribution in [2.24, 2.45) is 5.92 Å². The number of hydrogen-bond donors (Lipinski definition) is 0. The van der Waals surface area contributed by atoms with Gasteiger partial charge >= 0.3 is 93.8 Å². The first kappa shape index (κ1) is 11.2. The summed E-state index contributed by atoms with van der Waals surface area (Å²) in [4.78, 5) is 0. The first-order valence-electron chi connectivity index (χ1n) is 6.42. The van der Waals surface area contributed by atoms with Crippen LogP contribution in [0.4, 0.5) is 0 Å². The molecule has 0 aromatic carbocycles. The van der Waals surface area contributed by atoms with Gasteiger partial charge in [0.25, 0.3) is 0 Å². The third-order valence-electron chi connectivity index (χ3n) is 4.54. The van der Waals surface area contributed by atoms with Crippen molar-refractivity contribution in [2.45, 2.75) is 50.6 Å². The minimum atomic E-state index is -0.920. The molecule has 0 aliphatic carbocycles. The Morgan fingerprint density at radius 3 is 2.57 bits per heavy atom. The Labute approximate surface area is 94.1 Å². The Morgan fingerprint density at radius 1 is 1.21 bits per heavy atom. The first-order valence-corrected chi connectivity index (χ1v) is 9.56. The summed E-state index contributed by atoms with van der Waals surface area (Å²) in [6.07, 6.45) is 13.3. The van der Waals surface area contributed by atoms with Gasteiger partial charge in [-0.3, -0.25) is 0 Å². The van der Waals surface area contributed by atoms with E-state index in [-0.39, 0.29) is 0 Å². The number of halogens is 1. The van der Waals surface area contributed by atoms with E-state index < -0.39 is 7.26 Å². The van der Waals surface area contributed by atoms with Crippen LogP contribution in [0.2, 0.25) is 0 Å². The van der Waals surface area contributed by atoms with Gasteiger partial charge in [-0.1, -0.05) is 0 Å². The molecule has 2 rings (SSSR count). The van der Waals surface area contributed by atoms with Crippen LogP contribution in [-0.4, -0.2) is 23.6 Å². The van der Waals surface area contributed by atoms with E-state index in [0.717, 1.165) is 5.92 Å². The molecule has 2 fully saturated rings. The molecule has 2 atom stereocenters. The van der Waals surface area contributed by atoms with Crippen LogP contribution in [0.5, 0.6) is 0 Å². The summed E-state index contributed by atoms with van der Waals surface area (Å²) >= 11 is 6.74. The summed E-state index contributed by atoms with van der Waals surface area (Å²) in [5.41, 5.74) is 0. The second kappa shape index (κ2) is 4.71. The summed E-state index contributed by atoms with van der Waals surface area (Å²) in [7, 11) is -0.920.